The monoisotopic (exact) mass is 507 g/mol. The summed E-state index contributed by atoms with van der Waals surface area (Å²) in [6.07, 6.45) is 6.15. The number of benzene rings is 2. The number of hydrogen-bond acceptors (Lipinski definition) is 6. The van der Waals surface area contributed by atoms with E-state index in [9.17, 15) is 4.79 Å². The molecular weight excluding hydrogens is 485 g/mol. The average Bonchev–Trinajstić information content (AvgIpc) is 2.83. The molecule has 2 aliphatic rings. The van der Waals surface area contributed by atoms with Crippen LogP contribution in [-0.2, 0) is 19.0 Å². The summed E-state index contributed by atoms with van der Waals surface area (Å²) in [5.41, 5.74) is 3.81. The summed E-state index contributed by atoms with van der Waals surface area (Å²) < 4.78 is 2.55. The second kappa shape index (κ2) is 8.19. The van der Waals surface area contributed by atoms with Gasteiger partial charge in [-0.2, -0.15) is 4.98 Å². The molecule has 0 bridgehead atoms. The molecule has 0 amide bonds. The maximum absolute atomic E-state index is 13.2. The molecule has 0 atom stereocenters. The van der Waals surface area contributed by atoms with Crippen molar-refractivity contribution in [3.63, 3.8) is 0 Å². The van der Waals surface area contributed by atoms with E-state index in [2.05, 4.69) is 32.7 Å². The van der Waals surface area contributed by atoms with E-state index < -0.39 is 5.69 Å². The number of para-hydroxylation sites is 1. The Bertz CT molecular complexity index is 1600. The van der Waals surface area contributed by atoms with Crippen LogP contribution in [0.2, 0.25) is 10.0 Å². The Kier molecular flexibility index (Phi) is 5.21. The molecule has 3 heterocycles. The van der Waals surface area contributed by atoms with Crippen LogP contribution in [0.15, 0.2) is 47.4 Å². The second-order valence-corrected chi connectivity index (χ2v) is 9.95. The molecule has 2 aromatic carbocycles. The molecule has 1 spiro atoms. The number of rotatable bonds is 3. The third kappa shape index (κ3) is 3.47. The molecule has 1 aliphatic carbocycles. The van der Waals surface area contributed by atoms with Crippen LogP contribution in [0.25, 0.3) is 16.7 Å². The minimum absolute atomic E-state index is 0.0864. The normalized spacial score (nSPS) is 16.2. The van der Waals surface area contributed by atoms with E-state index in [0.29, 0.717) is 17.0 Å². The van der Waals surface area contributed by atoms with Crippen LogP contribution in [0, 0.1) is 5.41 Å². The Balaban J connectivity index is 1.40. The van der Waals surface area contributed by atoms with Crippen molar-refractivity contribution in [1.29, 1.82) is 5.41 Å². The molecule has 8 nitrogen and oxygen atoms in total. The van der Waals surface area contributed by atoms with E-state index in [-0.39, 0.29) is 26.8 Å². The zero-order valence-corrected chi connectivity index (χ0v) is 20.5. The molecule has 1 fully saturated rings. The highest BCUT2D eigenvalue weighted by Crippen LogP contribution is 2.45. The minimum atomic E-state index is -0.478. The summed E-state index contributed by atoms with van der Waals surface area (Å²) in [5.74, 6) is 0.354. The zero-order valence-electron chi connectivity index (χ0n) is 19.0. The zero-order chi connectivity index (χ0) is 24.3. The largest absolute Gasteiger partial charge is 0.335 e. The fraction of sp³-hybridized carbons (Fsp3) is 0.280. The quantitative estimate of drug-likeness (QED) is 0.386. The minimum Gasteiger partial charge on any atom is -0.324 e. The lowest BCUT2D eigenvalue weighted by Crippen LogP contribution is -2.51. The predicted octanol–water partition coefficient (Wildman–Crippen LogP) is 4.17. The van der Waals surface area contributed by atoms with Crippen molar-refractivity contribution >= 4 is 45.9 Å². The van der Waals surface area contributed by atoms with Crippen molar-refractivity contribution in [1.82, 2.24) is 24.4 Å². The number of nitrogens with one attached hydrogen (secondary N) is 3. The summed E-state index contributed by atoms with van der Waals surface area (Å²) in [6, 6.07) is 11.4. The Morgan fingerprint density at radius 3 is 2.66 bits per heavy atom. The first kappa shape index (κ1) is 22.3. The number of anilines is 2. The maximum atomic E-state index is 13.2. The molecule has 3 N–H and O–H groups in total. The molecule has 2 aromatic heterocycles. The van der Waals surface area contributed by atoms with Gasteiger partial charge in [-0.25, -0.2) is 14.3 Å². The SMILES string of the molecule is Cn1c(=O)n(-c2c(Cl)cccc2Cl)c(=N)c2cnc(Nc3ccc4c(c3)CCNC43CCC3)nc21. The van der Waals surface area contributed by atoms with Crippen LogP contribution >= 0.6 is 23.2 Å². The summed E-state index contributed by atoms with van der Waals surface area (Å²) in [5, 5.41) is 16.6. The summed E-state index contributed by atoms with van der Waals surface area (Å²) in [4.78, 5) is 22.2. The van der Waals surface area contributed by atoms with Gasteiger partial charge in [0.2, 0.25) is 5.95 Å². The molecule has 1 saturated carbocycles. The highest BCUT2D eigenvalue weighted by Gasteiger charge is 2.41. The number of nitrogens with zero attached hydrogens (tertiary/aromatic N) is 4. The fourth-order valence-corrected chi connectivity index (χ4v) is 5.77. The topological polar surface area (TPSA) is 101 Å². The van der Waals surface area contributed by atoms with Gasteiger partial charge in [-0.1, -0.05) is 35.3 Å². The molecular formula is C25H23Cl2N7O. The smallest absolute Gasteiger partial charge is 0.324 e. The van der Waals surface area contributed by atoms with Gasteiger partial charge in [0.1, 0.15) is 5.49 Å². The van der Waals surface area contributed by atoms with Crippen molar-refractivity contribution < 1.29 is 0 Å². The molecule has 0 saturated heterocycles. The van der Waals surface area contributed by atoms with Crippen LogP contribution in [0.3, 0.4) is 0 Å². The summed E-state index contributed by atoms with van der Waals surface area (Å²) in [6.45, 7) is 0.979. The third-order valence-corrected chi connectivity index (χ3v) is 7.76. The van der Waals surface area contributed by atoms with Gasteiger partial charge in [0.05, 0.1) is 21.1 Å². The Morgan fingerprint density at radius 2 is 1.94 bits per heavy atom. The molecule has 6 rings (SSSR count). The number of aryl methyl sites for hydroxylation is 1. The van der Waals surface area contributed by atoms with Gasteiger partial charge in [0.25, 0.3) is 0 Å². The number of hydrogen-bond donors (Lipinski definition) is 3. The lowest BCUT2D eigenvalue weighted by atomic mass is 9.68. The molecule has 0 unspecified atom stereocenters. The van der Waals surface area contributed by atoms with Crippen molar-refractivity contribution in [2.24, 2.45) is 7.05 Å². The molecule has 10 heteroatoms. The molecule has 1 aliphatic heterocycles. The van der Waals surface area contributed by atoms with Gasteiger partial charge in [-0.15, -0.1) is 0 Å². The lowest BCUT2D eigenvalue weighted by Gasteiger charge is -2.47. The van der Waals surface area contributed by atoms with Crippen LogP contribution in [-0.4, -0.2) is 25.6 Å². The number of halogens is 2. The van der Waals surface area contributed by atoms with Gasteiger partial charge in [0.15, 0.2) is 5.65 Å². The summed E-state index contributed by atoms with van der Waals surface area (Å²) >= 11 is 12.7. The van der Waals surface area contributed by atoms with Crippen LogP contribution in [0.1, 0.15) is 30.4 Å². The Labute approximate surface area is 211 Å². The second-order valence-electron chi connectivity index (χ2n) is 9.14. The van der Waals surface area contributed by atoms with Crippen molar-refractivity contribution in [3.05, 3.63) is 79.7 Å². The van der Waals surface area contributed by atoms with Gasteiger partial charge < -0.3 is 10.6 Å². The standard InChI is InChI=1S/C25H23Cl2N7O/c1-33-22-16(21(28)34(24(33)35)20-18(26)4-2-5-19(20)27)13-29-23(32-22)31-15-6-7-17-14(12-15)8-11-30-25(17)9-3-10-25/h2,4-7,12-13,28,30H,3,8-11H2,1H3,(H,29,31,32). The average molecular weight is 508 g/mol. The fourth-order valence-electron chi connectivity index (χ4n) is 5.20. The van der Waals surface area contributed by atoms with Gasteiger partial charge in [0, 0.05) is 31.0 Å². The number of aromatic nitrogens is 4. The third-order valence-electron chi connectivity index (χ3n) is 7.15. The highest BCUT2D eigenvalue weighted by atomic mass is 35.5. The highest BCUT2D eigenvalue weighted by molar-refractivity contribution is 6.37. The van der Waals surface area contributed by atoms with Crippen LogP contribution in [0.4, 0.5) is 11.6 Å². The van der Waals surface area contributed by atoms with Gasteiger partial charge in [-0.3, -0.25) is 9.98 Å². The van der Waals surface area contributed by atoms with Gasteiger partial charge >= 0.3 is 5.69 Å². The van der Waals surface area contributed by atoms with E-state index >= 15 is 0 Å². The maximum Gasteiger partial charge on any atom is 0.335 e. The Hall–Kier alpha value is -3.20. The van der Waals surface area contributed by atoms with E-state index in [1.165, 1.54) is 39.5 Å². The van der Waals surface area contributed by atoms with E-state index in [0.717, 1.165) is 18.7 Å². The molecule has 4 aromatic rings. The van der Waals surface area contributed by atoms with E-state index in [4.69, 9.17) is 28.6 Å². The van der Waals surface area contributed by atoms with Crippen LogP contribution < -0.4 is 21.8 Å². The number of fused-ring (bicyclic) bond motifs is 3. The van der Waals surface area contributed by atoms with Crippen molar-refractivity contribution in [3.8, 4) is 5.69 Å². The first-order valence-electron chi connectivity index (χ1n) is 11.5. The first-order chi connectivity index (χ1) is 16.9. The van der Waals surface area contributed by atoms with Crippen molar-refractivity contribution in [2.45, 2.75) is 31.2 Å². The van der Waals surface area contributed by atoms with Crippen LogP contribution in [0.5, 0.6) is 0 Å². The molecule has 178 valence electrons. The summed E-state index contributed by atoms with van der Waals surface area (Å²) in [7, 11) is 1.60. The predicted molar refractivity (Wildman–Crippen MR) is 137 cm³/mol. The molecule has 0 radical (unpaired) electrons. The van der Waals surface area contributed by atoms with Gasteiger partial charge in [-0.05, 0) is 61.1 Å². The molecule has 35 heavy (non-hydrogen) atoms. The van der Waals surface area contributed by atoms with E-state index in [1.807, 2.05) is 6.07 Å². The van der Waals surface area contributed by atoms with E-state index in [1.54, 1.807) is 31.4 Å². The first-order valence-corrected chi connectivity index (χ1v) is 12.3. The van der Waals surface area contributed by atoms with Crippen molar-refractivity contribution in [2.75, 3.05) is 11.9 Å². The lowest BCUT2D eigenvalue weighted by molar-refractivity contribution is 0.176. The Morgan fingerprint density at radius 1 is 1.17 bits per heavy atom.